The molecule has 2 amide bonds. The maximum Gasteiger partial charge on any atom is 0.450 e. The monoisotopic (exact) mass is 264 g/mol. The Bertz CT molecular complexity index is 196. The minimum absolute atomic E-state index is 1.09. The van der Waals surface area contributed by atoms with Crippen LogP contribution in [0.5, 0.6) is 0 Å². The van der Waals surface area contributed by atoms with E-state index >= 15 is 0 Å². The quantitative estimate of drug-likeness (QED) is 0.576. The van der Waals surface area contributed by atoms with Crippen LogP contribution in [0.2, 0.25) is 0 Å². The van der Waals surface area contributed by atoms with E-state index in [1.165, 1.54) is 0 Å². The number of hydrogen-bond acceptors (Lipinski definition) is 4. The second-order valence-corrected chi connectivity index (χ2v) is 2.68. The molecule has 18 heavy (non-hydrogen) atoms. The summed E-state index contributed by atoms with van der Waals surface area (Å²) in [5.41, 5.74) is 0. The van der Waals surface area contributed by atoms with Crippen LogP contribution in [0.3, 0.4) is 0 Å². The van der Waals surface area contributed by atoms with Crippen molar-refractivity contribution < 1.29 is 19.8 Å². The predicted molar refractivity (Wildman–Crippen MR) is 69.3 cm³/mol. The predicted octanol–water partition coefficient (Wildman–Crippen LogP) is 2.03. The van der Waals surface area contributed by atoms with Crippen molar-refractivity contribution in [1.82, 2.24) is 10.6 Å². The van der Waals surface area contributed by atoms with Crippen molar-refractivity contribution >= 4 is 12.2 Å². The number of nitrogens with zero attached hydrogens (tertiary/aromatic N) is 2. The van der Waals surface area contributed by atoms with Gasteiger partial charge in [-0.2, -0.15) is 0 Å². The molecule has 0 aromatic carbocycles. The van der Waals surface area contributed by atoms with E-state index in [-0.39, 0.29) is 0 Å². The normalized spacial score (nSPS) is 8.89. The molecule has 0 aromatic rings. The molecule has 0 aromatic heterocycles. The Morgan fingerprint density at radius 3 is 1.06 bits per heavy atom. The van der Waals surface area contributed by atoms with Crippen LogP contribution in [0.4, 0.5) is 9.59 Å². The summed E-state index contributed by atoms with van der Waals surface area (Å²) in [5.74, 6) is 0. The highest BCUT2D eigenvalue weighted by molar-refractivity contribution is 5.70. The molecule has 0 fully saturated rings. The minimum atomic E-state index is -1.62. The zero-order valence-corrected chi connectivity index (χ0v) is 11.4. The SMILES string of the molecule is CCNCC.CCNCC.O=C(O)N=NC(=O)O. The summed E-state index contributed by atoms with van der Waals surface area (Å²) in [7, 11) is 0. The summed E-state index contributed by atoms with van der Waals surface area (Å²) in [6.45, 7) is 12.8. The summed E-state index contributed by atoms with van der Waals surface area (Å²) < 4.78 is 0. The highest BCUT2D eigenvalue weighted by Gasteiger charge is 1.91. The smallest absolute Gasteiger partial charge is 0.450 e. The molecule has 0 atom stereocenters. The highest BCUT2D eigenvalue weighted by atomic mass is 16.4. The molecule has 108 valence electrons. The number of carbonyl (C=O) groups is 2. The van der Waals surface area contributed by atoms with E-state index in [2.05, 4.69) is 48.6 Å². The molecule has 0 heterocycles. The number of carboxylic acid groups (broad SMARTS) is 2. The van der Waals surface area contributed by atoms with Crippen LogP contribution in [-0.4, -0.2) is 48.6 Å². The molecular weight excluding hydrogens is 240 g/mol. The van der Waals surface area contributed by atoms with E-state index in [4.69, 9.17) is 10.2 Å². The van der Waals surface area contributed by atoms with Gasteiger partial charge >= 0.3 is 12.2 Å². The van der Waals surface area contributed by atoms with Crippen LogP contribution < -0.4 is 10.6 Å². The number of amides is 2. The van der Waals surface area contributed by atoms with Gasteiger partial charge in [-0.15, -0.1) is 0 Å². The van der Waals surface area contributed by atoms with Crippen molar-refractivity contribution in [2.45, 2.75) is 27.7 Å². The van der Waals surface area contributed by atoms with Gasteiger partial charge in [0.2, 0.25) is 0 Å². The first-order valence-electron chi connectivity index (χ1n) is 5.75. The van der Waals surface area contributed by atoms with Crippen molar-refractivity contribution in [2.24, 2.45) is 10.2 Å². The lowest BCUT2D eigenvalue weighted by Crippen LogP contribution is -2.09. The number of azo groups is 1. The standard InChI is InChI=1S/2C4H11N.C2H2N2O4/c2*1-3-5-4-2;5-1(6)3-4-2(7)8/h2*5H,3-4H2,1-2H3;(H,5,6)(H,7,8). The Hall–Kier alpha value is -1.54. The second kappa shape index (κ2) is 20.8. The molecule has 0 aliphatic heterocycles. The van der Waals surface area contributed by atoms with E-state index in [0.717, 1.165) is 26.2 Å². The number of hydrogen-bond donors (Lipinski definition) is 4. The summed E-state index contributed by atoms with van der Waals surface area (Å²) >= 11 is 0. The van der Waals surface area contributed by atoms with Gasteiger partial charge in [-0.3, -0.25) is 0 Å². The summed E-state index contributed by atoms with van der Waals surface area (Å²) in [6.07, 6.45) is -3.24. The lowest BCUT2D eigenvalue weighted by Gasteiger charge is -1.86. The van der Waals surface area contributed by atoms with Crippen molar-refractivity contribution in [3.8, 4) is 0 Å². The highest BCUT2D eigenvalue weighted by Crippen LogP contribution is 1.76. The van der Waals surface area contributed by atoms with Crippen molar-refractivity contribution in [3.63, 3.8) is 0 Å². The van der Waals surface area contributed by atoms with Gasteiger partial charge in [0, 0.05) is 0 Å². The Kier molecular flexibility index (Phi) is 25.1. The molecule has 0 unspecified atom stereocenters. The molecule has 0 aliphatic carbocycles. The largest absolute Gasteiger partial charge is 0.462 e. The molecule has 0 bridgehead atoms. The Morgan fingerprint density at radius 2 is 1.00 bits per heavy atom. The first kappa shape index (κ1) is 21.7. The molecular formula is C10H24N4O4. The molecule has 0 saturated heterocycles. The van der Waals surface area contributed by atoms with Crippen molar-refractivity contribution in [2.75, 3.05) is 26.2 Å². The lowest BCUT2D eigenvalue weighted by molar-refractivity contribution is 0.194. The van der Waals surface area contributed by atoms with E-state index < -0.39 is 12.2 Å². The maximum absolute atomic E-state index is 9.38. The fourth-order valence-corrected chi connectivity index (χ4v) is 0.586. The van der Waals surface area contributed by atoms with Crippen LogP contribution in [-0.2, 0) is 0 Å². The fourth-order valence-electron chi connectivity index (χ4n) is 0.586. The topological polar surface area (TPSA) is 123 Å². The molecule has 4 N–H and O–H groups in total. The minimum Gasteiger partial charge on any atom is -0.462 e. The Labute approximate surface area is 107 Å². The average molecular weight is 264 g/mol. The molecule has 0 saturated carbocycles. The van der Waals surface area contributed by atoms with Crippen LogP contribution in [0.1, 0.15) is 27.7 Å². The van der Waals surface area contributed by atoms with E-state index in [9.17, 15) is 9.59 Å². The van der Waals surface area contributed by atoms with Gasteiger partial charge in [0.15, 0.2) is 0 Å². The van der Waals surface area contributed by atoms with Gasteiger partial charge in [0.05, 0.1) is 0 Å². The first-order valence-corrected chi connectivity index (χ1v) is 5.75. The maximum atomic E-state index is 9.38. The van der Waals surface area contributed by atoms with Crippen LogP contribution in [0, 0.1) is 0 Å². The molecule has 0 aliphatic rings. The molecule has 0 radical (unpaired) electrons. The number of rotatable bonds is 4. The molecule has 8 nitrogen and oxygen atoms in total. The van der Waals surface area contributed by atoms with Crippen LogP contribution >= 0.6 is 0 Å². The van der Waals surface area contributed by atoms with Gasteiger partial charge in [0.25, 0.3) is 0 Å². The van der Waals surface area contributed by atoms with Gasteiger partial charge in [-0.05, 0) is 26.2 Å². The third-order valence-electron chi connectivity index (χ3n) is 1.22. The second-order valence-electron chi connectivity index (χ2n) is 2.68. The zero-order valence-electron chi connectivity index (χ0n) is 11.4. The van der Waals surface area contributed by atoms with E-state index in [1.807, 2.05) is 0 Å². The van der Waals surface area contributed by atoms with Gasteiger partial charge < -0.3 is 20.8 Å². The number of nitrogens with one attached hydrogen (secondary N) is 2. The van der Waals surface area contributed by atoms with E-state index in [1.54, 1.807) is 0 Å². The van der Waals surface area contributed by atoms with Crippen LogP contribution in [0.25, 0.3) is 0 Å². The first-order chi connectivity index (χ1) is 8.45. The summed E-state index contributed by atoms with van der Waals surface area (Å²) in [5, 5.41) is 26.0. The third kappa shape index (κ3) is 47.1. The zero-order chi connectivity index (χ0) is 14.8. The molecule has 8 heteroatoms. The van der Waals surface area contributed by atoms with Crippen LogP contribution in [0.15, 0.2) is 10.2 Å². The van der Waals surface area contributed by atoms with Gasteiger partial charge in [0.1, 0.15) is 0 Å². The summed E-state index contributed by atoms with van der Waals surface area (Å²) in [6, 6.07) is 0. The van der Waals surface area contributed by atoms with E-state index in [0.29, 0.717) is 0 Å². The van der Waals surface area contributed by atoms with Crippen molar-refractivity contribution in [1.29, 1.82) is 0 Å². The van der Waals surface area contributed by atoms with Gasteiger partial charge in [-0.1, -0.05) is 37.9 Å². The lowest BCUT2D eigenvalue weighted by atomic mass is 10.7. The summed E-state index contributed by atoms with van der Waals surface area (Å²) in [4.78, 5) is 18.8. The van der Waals surface area contributed by atoms with Crippen molar-refractivity contribution in [3.05, 3.63) is 0 Å². The molecule has 0 spiro atoms. The Balaban J connectivity index is -0.000000197. The average Bonchev–Trinajstić information content (AvgIpc) is 2.30. The van der Waals surface area contributed by atoms with Gasteiger partial charge in [-0.25, -0.2) is 9.59 Å². The molecule has 0 rings (SSSR count). The Morgan fingerprint density at radius 1 is 0.778 bits per heavy atom. The fraction of sp³-hybridized carbons (Fsp3) is 0.800. The third-order valence-corrected chi connectivity index (χ3v) is 1.22.